The van der Waals surface area contributed by atoms with Crippen molar-refractivity contribution in [2.45, 2.75) is 38.1 Å². The van der Waals surface area contributed by atoms with Crippen LogP contribution in [0.2, 0.25) is 0 Å². The number of carboxylic acids is 1. The monoisotopic (exact) mass is 316 g/mol. The summed E-state index contributed by atoms with van der Waals surface area (Å²) in [5, 5.41) is 9.24. The van der Waals surface area contributed by atoms with Crippen LogP contribution in [0.4, 0.5) is 0 Å². The Balaban J connectivity index is 1.42. The van der Waals surface area contributed by atoms with Crippen molar-refractivity contribution >= 4 is 5.97 Å². The van der Waals surface area contributed by atoms with Gasteiger partial charge in [0.25, 0.3) is 0 Å². The predicted octanol–water partition coefficient (Wildman–Crippen LogP) is 2.49. The van der Waals surface area contributed by atoms with Crippen molar-refractivity contribution < 1.29 is 9.90 Å². The van der Waals surface area contributed by atoms with E-state index < -0.39 is 5.97 Å². The molecule has 0 unspecified atom stereocenters. The first-order valence-electron chi connectivity index (χ1n) is 8.95. The fourth-order valence-electron chi connectivity index (χ4n) is 3.98. The normalized spacial score (nSPS) is 24.6. The van der Waals surface area contributed by atoms with Crippen molar-refractivity contribution in [2.24, 2.45) is 5.92 Å². The highest BCUT2D eigenvalue weighted by molar-refractivity contribution is 5.70. The highest BCUT2D eigenvalue weighted by Gasteiger charge is 2.31. The number of aliphatic carboxylic acids is 1. The molecule has 0 spiro atoms. The Kier molecular flexibility index (Phi) is 5.68. The minimum Gasteiger partial charge on any atom is -0.481 e. The molecule has 2 saturated heterocycles. The molecule has 2 aliphatic heterocycles. The molecule has 0 aromatic heterocycles. The van der Waals surface area contributed by atoms with Crippen molar-refractivity contribution in [3.8, 4) is 0 Å². The quantitative estimate of drug-likeness (QED) is 0.906. The van der Waals surface area contributed by atoms with E-state index in [0.717, 1.165) is 52.0 Å². The van der Waals surface area contributed by atoms with Crippen LogP contribution in [-0.4, -0.2) is 59.6 Å². The van der Waals surface area contributed by atoms with Crippen LogP contribution in [0.3, 0.4) is 0 Å². The Morgan fingerprint density at radius 3 is 2.52 bits per heavy atom. The number of rotatable bonds is 5. The van der Waals surface area contributed by atoms with Crippen molar-refractivity contribution in [3.05, 3.63) is 35.9 Å². The molecular formula is C19H28N2O2. The minimum absolute atomic E-state index is 0.153. The molecule has 2 heterocycles. The van der Waals surface area contributed by atoms with E-state index in [1.807, 2.05) is 0 Å². The van der Waals surface area contributed by atoms with Crippen LogP contribution in [0.25, 0.3) is 0 Å². The largest absolute Gasteiger partial charge is 0.481 e. The summed E-state index contributed by atoms with van der Waals surface area (Å²) in [7, 11) is 0. The van der Waals surface area contributed by atoms with Gasteiger partial charge in [-0.05, 0) is 57.3 Å². The van der Waals surface area contributed by atoms with E-state index in [-0.39, 0.29) is 5.92 Å². The fraction of sp³-hybridized carbons (Fsp3) is 0.632. The van der Waals surface area contributed by atoms with Crippen molar-refractivity contribution in [2.75, 3.05) is 32.7 Å². The van der Waals surface area contributed by atoms with Gasteiger partial charge in [-0.1, -0.05) is 30.3 Å². The lowest BCUT2D eigenvalue weighted by atomic mass is 9.94. The lowest BCUT2D eigenvalue weighted by Crippen LogP contribution is -2.49. The van der Waals surface area contributed by atoms with E-state index in [2.05, 4.69) is 40.1 Å². The molecule has 1 atom stereocenters. The van der Waals surface area contributed by atoms with E-state index in [1.54, 1.807) is 0 Å². The summed E-state index contributed by atoms with van der Waals surface area (Å²) in [5.41, 5.74) is 1.41. The molecule has 3 rings (SSSR count). The SMILES string of the molecule is O=C(O)[C@@H]1CCCN(C2CCN(CCc3ccccc3)CC2)C1. The topological polar surface area (TPSA) is 43.8 Å². The summed E-state index contributed by atoms with van der Waals surface area (Å²) < 4.78 is 0. The van der Waals surface area contributed by atoms with Crippen molar-refractivity contribution in [1.82, 2.24) is 9.80 Å². The van der Waals surface area contributed by atoms with Gasteiger partial charge in [-0.3, -0.25) is 9.69 Å². The molecule has 4 heteroatoms. The first-order valence-corrected chi connectivity index (χ1v) is 8.95. The molecule has 1 aromatic carbocycles. The number of nitrogens with zero attached hydrogens (tertiary/aromatic N) is 2. The van der Waals surface area contributed by atoms with E-state index >= 15 is 0 Å². The van der Waals surface area contributed by atoms with Gasteiger partial charge in [0.1, 0.15) is 0 Å². The molecule has 126 valence electrons. The second-order valence-electron chi connectivity index (χ2n) is 6.98. The average Bonchev–Trinajstić information content (AvgIpc) is 2.61. The zero-order valence-corrected chi connectivity index (χ0v) is 13.9. The highest BCUT2D eigenvalue weighted by Crippen LogP contribution is 2.24. The molecule has 2 aliphatic rings. The summed E-state index contributed by atoms with van der Waals surface area (Å²) in [6, 6.07) is 11.3. The lowest BCUT2D eigenvalue weighted by Gasteiger charge is -2.41. The molecule has 0 saturated carbocycles. The number of hydrogen-bond acceptors (Lipinski definition) is 3. The number of carboxylic acid groups (broad SMARTS) is 1. The summed E-state index contributed by atoms with van der Waals surface area (Å²) in [6.07, 6.45) is 5.37. The lowest BCUT2D eigenvalue weighted by molar-refractivity contribution is -0.144. The number of piperidine rings is 2. The second-order valence-corrected chi connectivity index (χ2v) is 6.98. The Morgan fingerprint density at radius 2 is 1.83 bits per heavy atom. The summed E-state index contributed by atoms with van der Waals surface area (Å²) >= 11 is 0. The zero-order valence-electron chi connectivity index (χ0n) is 13.9. The molecule has 23 heavy (non-hydrogen) atoms. The van der Waals surface area contributed by atoms with Gasteiger partial charge < -0.3 is 10.0 Å². The number of carbonyl (C=O) groups is 1. The van der Waals surface area contributed by atoms with Gasteiger partial charge in [0, 0.05) is 19.1 Å². The molecule has 0 aliphatic carbocycles. The molecule has 1 aromatic rings. The van der Waals surface area contributed by atoms with Crippen LogP contribution >= 0.6 is 0 Å². The molecule has 0 radical (unpaired) electrons. The number of benzene rings is 1. The zero-order chi connectivity index (χ0) is 16.1. The summed E-state index contributed by atoms with van der Waals surface area (Å²) in [4.78, 5) is 16.2. The summed E-state index contributed by atoms with van der Waals surface area (Å²) in [5.74, 6) is -0.769. The van der Waals surface area contributed by atoms with Gasteiger partial charge in [0.2, 0.25) is 0 Å². The maximum absolute atomic E-state index is 11.2. The van der Waals surface area contributed by atoms with E-state index in [4.69, 9.17) is 0 Å². The molecule has 4 nitrogen and oxygen atoms in total. The van der Waals surface area contributed by atoms with Crippen LogP contribution in [0.15, 0.2) is 30.3 Å². The van der Waals surface area contributed by atoms with Gasteiger partial charge in [0.15, 0.2) is 0 Å². The maximum Gasteiger partial charge on any atom is 0.307 e. The molecule has 0 bridgehead atoms. The van der Waals surface area contributed by atoms with Gasteiger partial charge in [-0.25, -0.2) is 0 Å². The Morgan fingerprint density at radius 1 is 1.09 bits per heavy atom. The van der Waals surface area contributed by atoms with Crippen LogP contribution in [0.1, 0.15) is 31.2 Å². The molecular weight excluding hydrogens is 288 g/mol. The first kappa shape index (κ1) is 16.5. The van der Waals surface area contributed by atoms with Crippen LogP contribution in [0.5, 0.6) is 0 Å². The number of likely N-dealkylation sites (tertiary alicyclic amines) is 2. The molecule has 2 fully saturated rings. The third-order valence-electron chi connectivity index (χ3n) is 5.44. The van der Waals surface area contributed by atoms with Gasteiger partial charge in [0.05, 0.1) is 5.92 Å². The fourth-order valence-corrected chi connectivity index (χ4v) is 3.98. The van der Waals surface area contributed by atoms with Crippen LogP contribution in [0, 0.1) is 5.92 Å². The van der Waals surface area contributed by atoms with E-state index in [9.17, 15) is 9.90 Å². The third kappa shape index (κ3) is 4.55. The van der Waals surface area contributed by atoms with E-state index in [0.29, 0.717) is 6.04 Å². The Hall–Kier alpha value is -1.39. The van der Waals surface area contributed by atoms with Crippen LogP contribution < -0.4 is 0 Å². The average molecular weight is 316 g/mol. The second kappa shape index (κ2) is 7.93. The first-order chi connectivity index (χ1) is 11.2. The van der Waals surface area contributed by atoms with Gasteiger partial charge >= 0.3 is 5.97 Å². The number of hydrogen-bond donors (Lipinski definition) is 1. The van der Waals surface area contributed by atoms with E-state index in [1.165, 1.54) is 18.4 Å². The predicted molar refractivity (Wildman–Crippen MR) is 91.5 cm³/mol. The standard InChI is InChI=1S/C19H28N2O2/c22-19(23)17-7-4-11-21(15-17)18-9-13-20(14-10-18)12-8-16-5-2-1-3-6-16/h1-3,5-6,17-18H,4,7-15H2,(H,22,23)/t17-/m1/s1. The van der Waals surface area contributed by atoms with Crippen molar-refractivity contribution in [1.29, 1.82) is 0 Å². The van der Waals surface area contributed by atoms with Gasteiger partial charge in [-0.2, -0.15) is 0 Å². The van der Waals surface area contributed by atoms with Crippen LogP contribution in [-0.2, 0) is 11.2 Å². The Labute approximate surface area is 139 Å². The smallest absolute Gasteiger partial charge is 0.307 e. The maximum atomic E-state index is 11.2. The third-order valence-corrected chi connectivity index (χ3v) is 5.44. The minimum atomic E-state index is -0.616. The summed E-state index contributed by atoms with van der Waals surface area (Å²) in [6.45, 7) is 5.26. The van der Waals surface area contributed by atoms with Gasteiger partial charge in [-0.15, -0.1) is 0 Å². The molecule has 1 N–H and O–H groups in total. The highest BCUT2D eigenvalue weighted by atomic mass is 16.4. The Bertz CT molecular complexity index is 497. The molecule has 0 amide bonds. The van der Waals surface area contributed by atoms with Crippen molar-refractivity contribution in [3.63, 3.8) is 0 Å².